The Hall–Kier alpha value is -1.33. The van der Waals surface area contributed by atoms with Gasteiger partial charge in [-0.2, -0.15) is 0 Å². The maximum absolute atomic E-state index is 11.8. The van der Waals surface area contributed by atoms with E-state index in [1.54, 1.807) is 13.3 Å². The molecule has 1 aromatic heterocycles. The zero-order valence-corrected chi connectivity index (χ0v) is 11.5. The molecule has 0 spiro atoms. The minimum atomic E-state index is 0.0519. The van der Waals surface area contributed by atoms with Crippen LogP contribution in [0.5, 0.6) is 0 Å². The zero-order valence-electron chi connectivity index (χ0n) is 11.5. The fourth-order valence-electron chi connectivity index (χ4n) is 3.55. The number of hydrogen-bond donors (Lipinski definition) is 1. The van der Waals surface area contributed by atoms with Gasteiger partial charge in [-0.15, -0.1) is 0 Å². The first-order valence-corrected chi connectivity index (χ1v) is 6.86. The molecule has 3 heterocycles. The zero-order chi connectivity index (χ0) is 13.4. The van der Waals surface area contributed by atoms with E-state index in [2.05, 4.69) is 22.2 Å². The molecule has 1 N–H and O–H groups in total. The number of hydrogen-bond acceptors (Lipinski definition) is 4. The summed E-state index contributed by atoms with van der Waals surface area (Å²) in [7, 11) is 3.79. The molecule has 1 aromatic rings. The van der Waals surface area contributed by atoms with Crippen LogP contribution in [0.15, 0.2) is 23.0 Å². The lowest BCUT2D eigenvalue weighted by Gasteiger charge is -2.25. The maximum atomic E-state index is 11.8. The summed E-state index contributed by atoms with van der Waals surface area (Å²) in [4.78, 5) is 16.5. The van der Waals surface area contributed by atoms with E-state index >= 15 is 0 Å². The number of rotatable bonds is 3. The van der Waals surface area contributed by atoms with Crippen molar-refractivity contribution in [3.63, 3.8) is 0 Å². The Balaban J connectivity index is 1.61. The lowest BCUT2D eigenvalue weighted by atomic mass is 10.0. The highest BCUT2D eigenvalue weighted by Gasteiger charge is 2.46. The molecular weight excluding hydrogens is 242 g/mol. The van der Waals surface area contributed by atoms with Crippen LogP contribution in [0.4, 0.5) is 0 Å². The van der Waals surface area contributed by atoms with Crippen LogP contribution in [0.25, 0.3) is 0 Å². The van der Waals surface area contributed by atoms with Crippen LogP contribution in [0.1, 0.15) is 12.0 Å². The Morgan fingerprint density at radius 2 is 2.37 bits per heavy atom. The average Bonchev–Trinajstić information content (AvgIpc) is 3.09. The smallest absolute Gasteiger partial charge is 0.237 e. The number of nitrogens with one attached hydrogen (secondary N) is 1. The number of amides is 1. The van der Waals surface area contributed by atoms with Crippen LogP contribution in [-0.2, 0) is 11.3 Å². The lowest BCUT2D eigenvalue weighted by molar-refractivity contribution is -0.125. The van der Waals surface area contributed by atoms with E-state index in [0.29, 0.717) is 12.0 Å². The molecule has 0 aromatic carbocycles. The number of fused-ring (bicyclic) bond motifs is 1. The second-order valence-corrected chi connectivity index (χ2v) is 5.68. The average molecular weight is 263 g/mol. The van der Waals surface area contributed by atoms with Crippen molar-refractivity contribution < 1.29 is 9.21 Å². The molecule has 0 unspecified atom stereocenters. The number of likely N-dealkylation sites (N-methyl/N-ethyl adjacent to an activating group) is 2. The summed E-state index contributed by atoms with van der Waals surface area (Å²) in [6.45, 7) is 3.06. The Kier molecular flexibility index (Phi) is 3.33. The van der Waals surface area contributed by atoms with E-state index < -0.39 is 0 Å². The van der Waals surface area contributed by atoms with Gasteiger partial charge in [0.1, 0.15) is 0 Å². The molecule has 19 heavy (non-hydrogen) atoms. The third-order valence-corrected chi connectivity index (χ3v) is 4.56. The largest absolute Gasteiger partial charge is 0.472 e. The minimum Gasteiger partial charge on any atom is -0.472 e. The number of nitrogens with zero attached hydrogens (tertiary/aromatic N) is 2. The van der Waals surface area contributed by atoms with Crippen LogP contribution in [0.2, 0.25) is 0 Å². The van der Waals surface area contributed by atoms with Gasteiger partial charge in [-0.25, -0.2) is 0 Å². The molecule has 2 aliphatic rings. The van der Waals surface area contributed by atoms with E-state index in [9.17, 15) is 4.79 Å². The van der Waals surface area contributed by atoms with Crippen LogP contribution in [-0.4, -0.2) is 55.0 Å². The molecule has 0 bridgehead atoms. The minimum absolute atomic E-state index is 0.0519. The molecule has 1 amide bonds. The topological polar surface area (TPSA) is 48.7 Å². The van der Waals surface area contributed by atoms with Gasteiger partial charge in [-0.3, -0.25) is 14.6 Å². The highest BCUT2D eigenvalue weighted by molar-refractivity contribution is 5.81. The summed E-state index contributed by atoms with van der Waals surface area (Å²) < 4.78 is 5.11. The summed E-state index contributed by atoms with van der Waals surface area (Å²) in [5.74, 6) is 0.762. The van der Waals surface area contributed by atoms with Gasteiger partial charge in [-0.1, -0.05) is 0 Å². The summed E-state index contributed by atoms with van der Waals surface area (Å²) in [5, 5.41) is 2.77. The first-order valence-electron chi connectivity index (χ1n) is 6.86. The first-order chi connectivity index (χ1) is 9.19. The highest BCUT2D eigenvalue weighted by Crippen LogP contribution is 2.35. The van der Waals surface area contributed by atoms with Crippen molar-refractivity contribution in [1.29, 1.82) is 0 Å². The molecule has 0 saturated carbocycles. The molecule has 2 fully saturated rings. The molecule has 5 nitrogen and oxygen atoms in total. The van der Waals surface area contributed by atoms with Crippen molar-refractivity contribution in [2.75, 3.05) is 27.2 Å². The van der Waals surface area contributed by atoms with Crippen molar-refractivity contribution >= 4 is 5.91 Å². The van der Waals surface area contributed by atoms with Crippen molar-refractivity contribution in [2.24, 2.45) is 5.92 Å². The molecule has 2 aliphatic heterocycles. The summed E-state index contributed by atoms with van der Waals surface area (Å²) in [6.07, 6.45) is 4.51. The molecule has 0 aliphatic carbocycles. The molecule has 2 saturated heterocycles. The third-order valence-electron chi connectivity index (χ3n) is 4.56. The third kappa shape index (κ3) is 2.28. The van der Waals surface area contributed by atoms with Gasteiger partial charge in [0, 0.05) is 38.3 Å². The predicted octanol–water partition coefficient (Wildman–Crippen LogP) is 0.530. The fraction of sp³-hybridized carbons (Fsp3) is 0.643. The number of carbonyl (C=O) groups is 1. The van der Waals surface area contributed by atoms with Gasteiger partial charge in [0.05, 0.1) is 18.6 Å². The van der Waals surface area contributed by atoms with Gasteiger partial charge in [0.2, 0.25) is 5.91 Å². The van der Waals surface area contributed by atoms with Crippen molar-refractivity contribution in [2.45, 2.75) is 25.0 Å². The lowest BCUT2D eigenvalue weighted by Crippen LogP contribution is -2.44. The van der Waals surface area contributed by atoms with Gasteiger partial charge in [0.15, 0.2) is 0 Å². The van der Waals surface area contributed by atoms with E-state index in [0.717, 1.165) is 26.1 Å². The molecule has 0 radical (unpaired) electrons. The second-order valence-electron chi connectivity index (χ2n) is 5.68. The Labute approximate surface area is 113 Å². The summed E-state index contributed by atoms with van der Waals surface area (Å²) in [5.41, 5.74) is 1.23. The van der Waals surface area contributed by atoms with Gasteiger partial charge >= 0.3 is 0 Å². The van der Waals surface area contributed by atoms with Crippen LogP contribution in [0, 0.1) is 5.92 Å². The monoisotopic (exact) mass is 263 g/mol. The normalized spacial score (nSPS) is 31.6. The Morgan fingerprint density at radius 3 is 3.00 bits per heavy atom. The molecule has 3 atom stereocenters. The first kappa shape index (κ1) is 12.7. The molecule has 3 rings (SSSR count). The quantitative estimate of drug-likeness (QED) is 0.864. The van der Waals surface area contributed by atoms with Gasteiger partial charge < -0.3 is 9.73 Å². The fourth-order valence-corrected chi connectivity index (χ4v) is 3.55. The highest BCUT2D eigenvalue weighted by atomic mass is 16.3. The Bertz CT molecular complexity index is 446. The predicted molar refractivity (Wildman–Crippen MR) is 71.5 cm³/mol. The van der Waals surface area contributed by atoms with Crippen molar-refractivity contribution in [3.05, 3.63) is 24.2 Å². The van der Waals surface area contributed by atoms with Crippen LogP contribution < -0.4 is 5.32 Å². The van der Waals surface area contributed by atoms with Crippen molar-refractivity contribution in [1.82, 2.24) is 15.1 Å². The van der Waals surface area contributed by atoms with E-state index in [-0.39, 0.29) is 11.9 Å². The van der Waals surface area contributed by atoms with E-state index in [1.807, 2.05) is 12.3 Å². The summed E-state index contributed by atoms with van der Waals surface area (Å²) >= 11 is 0. The molecule has 5 heteroatoms. The maximum Gasteiger partial charge on any atom is 0.237 e. The SMILES string of the molecule is CNC(=O)[C@H]1C[C@@H]2CN(Cc3ccoc3)C[C@@H]2N1C. The van der Waals surface area contributed by atoms with Crippen LogP contribution in [0.3, 0.4) is 0 Å². The van der Waals surface area contributed by atoms with E-state index in [4.69, 9.17) is 4.42 Å². The molecular formula is C14H21N3O2. The van der Waals surface area contributed by atoms with Gasteiger partial charge in [-0.05, 0) is 25.5 Å². The van der Waals surface area contributed by atoms with Crippen LogP contribution >= 0.6 is 0 Å². The second kappa shape index (κ2) is 4.98. The number of furan rings is 1. The number of likely N-dealkylation sites (tertiary alicyclic amines) is 2. The Morgan fingerprint density at radius 1 is 1.53 bits per heavy atom. The van der Waals surface area contributed by atoms with Crippen molar-refractivity contribution in [3.8, 4) is 0 Å². The van der Waals surface area contributed by atoms with E-state index in [1.165, 1.54) is 5.56 Å². The molecule has 104 valence electrons. The standard InChI is InChI=1S/C14H21N3O2/c1-15-14(18)12-5-11-7-17(8-13(11)16(12)2)6-10-3-4-19-9-10/h3-4,9,11-13H,5-8H2,1-2H3,(H,15,18)/t11-,12-,13+/m1/s1. The van der Waals surface area contributed by atoms with Gasteiger partial charge in [0.25, 0.3) is 0 Å². The summed E-state index contributed by atoms with van der Waals surface area (Å²) in [6, 6.07) is 2.58. The number of carbonyl (C=O) groups excluding carboxylic acids is 1.